The molecule has 0 aliphatic heterocycles. The van der Waals surface area contributed by atoms with Crippen LogP contribution in [0.25, 0.3) is 5.69 Å². The van der Waals surface area contributed by atoms with Crippen LogP contribution in [-0.2, 0) is 24.7 Å². The van der Waals surface area contributed by atoms with Gasteiger partial charge in [0.15, 0.2) is 0 Å². The summed E-state index contributed by atoms with van der Waals surface area (Å²) in [5, 5.41) is 11.9. The lowest BCUT2D eigenvalue weighted by Gasteiger charge is -2.24. The number of nitrogens with one attached hydrogen (secondary N) is 1. The second kappa shape index (κ2) is 8.01. The van der Waals surface area contributed by atoms with Gasteiger partial charge in [0.2, 0.25) is 5.91 Å². The predicted octanol–water partition coefficient (Wildman–Crippen LogP) is 3.63. The highest BCUT2D eigenvalue weighted by Gasteiger charge is 2.26. The van der Waals surface area contributed by atoms with E-state index in [1.807, 2.05) is 25.6 Å². The molecule has 1 aliphatic carbocycles. The molecule has 158 valence electrons. The Morgan fingerprint density at radius 1 is 1.23 bits per heavy atom. The SMILES string of the molecule is Cc1nn(C)c(C)c1CCC(=O)NC1CCCc2c1cnn2-c1cc(F)cc(F)c1. The van der Waals surface area contributed by atoms with Gasteiger partial charge in [-0.2, -0.15) is 10.2 Å². The van der Waals surface area contributed by atoms with Crippen LogP contribution in [-0.4, -0.2) is 25.5 Å². The molecule has 3 aromatic rings. The van der Waals surface area contributed by atoms with Crippen molar-refractivity contribution >= 4 is 5.91 Å². The highest BCUT2D eigenvalue weighted by atomic mass is 19.1. The molecule has 0 radical (unpaired) electrons. The number of benzene rings is 1. The molecule has 1 unspecified atom stereocenters. The molecule has 1 aromatic carbocycles. The molecule has 8 heteroatoms. The number of carbonyl (C=O) groups excluding carboxylic acids is 1. The topological polar surface area (TPSA) is 64.7 Å². The number of nitrogens with zero attached hydrogens (tertiary/aromatic N) is 4. The molecule has 1 atom stereocenters. The fourth-order valence-corrected chi connectivity index (χ4v) is 4.28. The van der Waals surface area contributed by atoms with Gasteiger partial charge in [0.05, 0.1) is 23.6 Å². The second-order valence-electron chi connectivity index (χ2n) is 7.87. The summed E-state index contributed by atoms with van der Waals surface area (Å²) >= 11 is 0. The van der Waals surface area contributed by atoms with E-state index in [1.54, 1.807) is 10.9 Å². The third kappa shape index (κ3) is 3.86. The minimum Gasteiger partial charge on any atom is -0.349 e. The molecule has 0 bridgehead atoms. The van der Waals surface area contributed by atoms with Gasteiger partial charge in [0.25, 0.3) is 0 Å². The first-order chi connectivity index (χ1) is 14.3. The Morgan fingerprint density at radius 3 is 2.63 bits per heavy atom. The van der Waals surface area contributed by atoms with E-state index in [9.17, 15) is 13.6 Å². The van der Waals surface area contributed by atoms with Crippen LogP contribution in [0.15, 0.2) is 24.4 Å². The molecule has 2 heterocycles. The molecule has 0 fully saturated rings. The van der Waals surface area contributed by atoms with E-state index < -0.39 is 11.6 Å². The summed E-state index contributed by atoms with van der Waals surface area (Å²) in [5.41, 5.74) is 5.28. The molecule has 6 nitrogen and oxygen atoms in total. The van der Waals surface area contributed by atoms with Crippen LogP contribution in [0.2, 0.25) is 0 Å². The van der Waals surface area contributed by atoms with Crippen molar-refractivity contribution in [1.82, 2.24) is 24.9 Å². The van der Waals surface area contributed by atoms with Gasteiger partial charge < -0.3 is 5.32 Å². The Kier molecular flexibility index (Phi) is 5.40. The Morgan fingerprint density at radius 2 is 1.97 bits per heavy atom. The molecule has 0 spiro atoms. The summed E-state index contributed by atoms with van der Waals surface area (Å²) in [7, 11) is 1.90. The number of hydrogen-bond donors (Lipinski definition) is 1. The maximum atomic E-state index is 13.6. The van der Waals surface area contributed by atoms with Crippen molar-refractivity contribution in [1.29, 1.82) is 0 Å². The number of carbonyl (C=O) groups is 1. The predicted molar refractivity (Wildman–Crippen MR) is 108 cm³/mol. The summed E-state index contributed by atoms with van der Waals surface area (Å²) in [4.78, 5) is 12.6. The smallest absolute Gasteiger partial charge is 0.220 e. The van der Waals surface area contributed by atoms with Crippen LogP contribution in [0.1, 0.15) is 53.5 Å². The molecular weight excluding hydrogens is 388 g/mol. The molecule has 1 aliphatic rings. The van der Waals surface area contributed by atoms with Crippen LogP contribution in [0, 0.1) is 25.5 Å². The van der Waals surface area contributed by atoms with Gasteiger partial charge >= 0.3 is 0 Å². The third-order valence-corrected chi connectivity index (χ3v) is 5.87. The van der Waals surface area contributed by atoms with Crippen LogP contribution >= 0.6 is 0 Å². The normalized spacial score (nSPS) is 15.8. The monoisotopic (exact) mass is 413 g/mol. The number of aromatic nitrogens is 4. The van der Waals surface area contributed by atoms with E-state index >= 15 is 0 Å². The van der Waals surface area contributed by atoms with E-state index in [1.165, 1.54) is 12.1 Å². The first kappa shape index (κ1) is 20.3. The second-order valence-corrected chi connectivity index (χ2v) is 7.87. The van der Waals surface area contributed by atoms with Gasteiger partial charge in [-0.25, -0.2) is 13.5 Å². The zero-order chi connectivity index (χ0) is 21.4. The van der Waals surface area contributed by atoms with E-state index in [0.717, 1.165) is 53.5 Å². The molecule has 4 rings (SSSR count). The standard InChI is InChI=1S/C22H25F2N5O/c1-13-18(14(2)28(3)27-13)7-8-22(30)26-20-5-4-6-21-19(20)12-25-29(21)17-10-15(23)9-16(24)11-17/h9-12,20H,4-8H2,1-3H3,(H,26,30). The third-order valence-electron chi connectivity index (χ3n) is 5.87. The maximum absolute atomic E-state index is 13.6. The Hall–Kier alpha value is -3.03. The number of amides is 1. The zero-order valence-corrected chi connectivity index (χ0v) is 17.4. The molecular formula is C22H25F2N5O. The average molecular weight is 413 g/mol. The Bertz CT molecular complexity index is 1080. The van der Waals surface area contributed by atoms with Crippen molar-refractivity contribution in [3.63, 3.8) is 0 Å². The summed E-state index contributed by atoms with van der Waals surface area (Å²) in [6.45, 7) is 3.96. The van der Waals surface area contributed by atoms with Crippen molar-refractivity contribution < 1.29 is 13.6 Å². The van der Waals surface area contributed by atoms with Gasteiger partial charge in [0, 0.05) is 36.5 Å². The van der Waals surface area contributed by atoms with Crippen molar-refractivity contribution in [2.45, 2.75) is 52.0 Å². The highest BCUT2D eigenvalue weighted by Crippen LogP contribution is 2.31. The Balaban J connectivity index is 1.48. The van der Waals surface area contributed by atoms with E-state index in [4.69, 9.17) is 0 Å². The first-order valence-corrected chi connectivity index (χ1v) is 10.1. The molecule has 0 saturated carbocycles. The maximum Gasteiger partial charge on any atom is 0.220 e. The fraction of sp³-hybridized carbons (Fsp3) is 0.409. The molecule has 0 saturated heterocycles. The first-order valence-electron chi connectivity index (χ1n) is 10.1. The summed E-state index contributed by atoms with van der Waals surface area (Å²) in [6, 6.07) is 3.21. The molecule has 1 amide bonds. The van der Waals surface area contributed by atoms with Crippen molar-refractivity contribution in [3.05, 3.63) is 64.2 Å². The number of halogens is 2. The fourth-order valence-electron chi connectivity index (χ4n) is 4.28. The summed E-state index contributed by atoms with van der Waals surface area (Å²) in [6.07, 6.45) is 5.13. The van der Waals surface area contributed by atoms with Gasteiger partial charge in [-0.15, -0.1) is 0 Å². The highest BCUT2D eigenvalue weighted by molar-refractivity contribution is 5.77. The van der Waals surface area contributed by atoms with Crippen LogP contribution < -0.4 is 5.32 Å². The Labute approximate surface area is 173 Å². The molecule has 2 aromatic heterocycles. The van der Waals surface area contributed by atoms with Crippen molar-refractivity contribution in [2.24, 2.45) is 7.05 Å². The minimum absolute atomic E-state index is 0.0277. The van der Waals surface area contributed by atoms with Gasteiger partial charge in [-0.3, -0.25) is 9.48 Å². The minimum atomic E-state index is -0.643. The zero-order valence-electron chi connectivity index (χ0n) is 17.4. The van der Waals surface area contributed by atoms with E-state index in [2.05, 4.69) is 15.5 Å². The van der Waals surface area contributed by atoms with E-state index in [0.29, 0.717) is 18.5 Å². The van der Waals surface area contributed by atoms with Gasteiger partial charge in [-0.05, 0) is 57.2 Å². The van der Waals surface area contributed by atoms with Crippen molar-refractivity contribution in [2.75, 3.05) is 0 Å². The molecule has 1 N–H and O–H groups in total. The lowest BCUT2D eigenvalue weighted by molar-refractivity contribution is -0.121. The van der Waals surface area contributed by atoms with Crippen LogP contribution in [0.3, 0.4) is 0 Å². The summed E-state index contributed by atoms with van der Waals surface area (Å²) < 4.78 is 30.7. The average Bonchev–Trinajstić information content (AvgIpc) is 3.21. The van der Waals surface area contributed by atoms with E-state index in [-0.39, 0.29) is 11.9 Å². The van der Waals surface area contributed by atoms with Gasteiger partial charge in [-0.1, -0.05) is 0 Å². The summed E-state index contributed by atoms with van der Waals surface area (Å²) in [5.74, 6) is -1.31. The lowest BCUT2D eigenvalue weighted by Crippen LogP contribution is -2.31. The number of aryl methyl sites for hydroxylation is 2. The van der Waals surface area contributed by atoms with Crippen molar-refractivity contribution in [3.8, 4) is 5.69 Å². The lowest BCUT2D eigenvalue weighted by atomic mass is 9.92. The van der Waals surface area contributed by atoms with Crippen LogP contribution in [0.5, 0.6) is 0 Å². The largest absolute Gasteiger partial charge is 0.349 e. The van der Waals surface area contributed by atoms with Crippen LogP contribution in [0.4, 0.5) is 8.78 Å². The molecule has 30 heavy (non-hydrogen) atoms. The number of fused-ring (bicyclic) bond motifs is 1. The number of hydrogen-bond acceptors (Lipinski definition) is 3. The quantitative estimate of drug-likeness (QED) is 0.695. The van der Waals surface area contributed by atoms with Gasteiger partial charge in [0.1, 0.15) is 11.6 Å². The number of rotatable bonds is 5.